The van der Waals surface area contributed by atoms with Crippen LogP contribution in [0.3, 0.4) is 0 Å². The summed E-state index contributed by atoms with van der Waals surface area (Å²) in [6.07, 6.45) is 6.96. The van der Waals surface area contributed by atoms with Gasteiger partial charge in [-0.15, -0.1) is 0 Å². The first-order valence-electron chi connectivity index (χ1n) is 9.94. The predicted molar refractivity (Wildman–Crippen MR) is 111 cm³/mol. The van der Waals surface area contributed by atoms with E-state index in [4.69, 9.17) is 4.74 Å². The van der Waals surface area contributed by atoms with Crippen LogP contribution in [0.25, 0.3) is 0 Å². The normalized spacial score (nSPS) is 17.2. The molecule has 0 heterocycles. The van der Waals surface area contributed by atoms with Gasteiger partial charge < -0.3 is 9.84 Å². The fraction of sp³-hybridized carbons (Fsp3) is 0.375. The number of aliphatic hydroxyl groups excluding tert-OH is 1. The molecular formula is C24H29NO3. The molecule has 3 rings (SSSR count). The summed E-state index contributed by atoms with van der Waals surface area (Å²) in [5.41, 5.74) is 2.12. The molecule has 1 saturated carbocycles. The van der Waals surface area contributed by atoms with Crippen molar-refractivity contribution in [2.45, 2.75) is 43.9 Å². The third-order valence-electron chi connectivity index (χ3n) is 5.08. The Morgan fingerprint density at radius 3 is 2.18 bits per heavy atom. The Morgan fingerprint density at radius 2 is 1.64 bits per heavy atom. The van der Waals surface area contributed by atoms with E-state index >= 15 is 0 Å². The minimum atomic E-state index is -0.639. The van der Waals surface area contributed by atoms with Crippen LogP contribution in [0.2, 0.25) is 0 Å². The van der Waals surface area contributed by atoms with E-state index in [0.29, 0.717) is 18.8 Å². The number of esters is 1. The van der Waals surface area contributed by atoms with Crippen molar-refractivity contribution in [2.75, 3.05) is 7.11 Å². The van der Waals surface area contributed by atoms with Crippen LogP contribution in [0.15, 0.2) is 72.8 Å². The summed E-state index contributed by atoms with van der Waals surface area (Å²) in [7, 11) is 1.40. The lowest BCUT2D eigenvalue weighted by Crippen LogP contribution is -2.49. The largest absolute Gasteiger partial charge is 0.468 e. The number of aliphatic hydroxyl groups is 1. The second-order valence-electron chi connectivity index (χ2n) is 7.44. The van der Waals surface area contributed by atoms with Gasteiger partial charge in [0.05, 0.1) is 19.3 Å². The summed E-state index contributed by atoms with van der Waals surface area (Å²) in [5.74, 6) is 0.277. The number of nitrogens with one attached hydrogen (secondary N) is 1. The van der Waals surface area contributed by atoms with Gasteiger partial charge in [-0.2, -0.15) is 0 Å². The highest BCUT2D eigenvalue weighted by Crippen LogP contribution is 2.30. The summed E-state index contributed by atoms with van der Waals surface area (Å²) in [6, 6.07) is 18.9. The molecule has 4 heteroatoms. The minimum Gasteiger partial charge on any atom is -0.468 e. The fourth-order valence-corrected chi connectivity index (χ4v) is 3.28. The number of carbonyl (C=O) groups is 1. The summed E-state index contributed by atoms with van der Waals surface area (Å²) in [5, 5.41) is 14.2. The zero-order valence-corrected chi connectivity index (χ0v) is 16.3. The molecule has 2 aromatic rings. The molecule has 0 aromatic heterocycles. The quantitative estimate of drug-likeness (QED) is 0.491. The van der Waals surface area contributed by atoms with E-state index in [0.717, 1.165) is 11.1 Å². The van der Waals surface area contributed by atoms with Gasteiger partial charge in [-0.1, -0.05) is 72.8 Å². The van der Waals surface area contributed by atoms with Crippen molar-refractivity contribution >= 4 is 5.97 Å². The smallest absolute Gasteiger partial charge is 0.323 e. The van der Waals surface area contributed by atoms with Gasteiger partial charge in [0.25, 0.3) is 0 Å². The van der Waals surface area contributed by atoms with Crippen LogP contribution < -0.4 is 5.32 Å². The minimum absolute atomic E-state index is 0.319. The van der Waals surface area contributed by atoms with E-state index in [1.807, 2.05) is 66.7 Å². The molecule has 0 radical (unpaired) electrons. The summed E-state index contributed by atoms with van der Waals surface area (Å²) < 4.78 is 5.01. The van der Waals surface area contributed by atoms with Gasteiger partial charge in [-0.25, -0.2) is 0 Å². The van der Waals surface area contributed by atoms with Crippen molar-refractivity contribution < 1.29 is 14.6 Å². The Kier molecular flexibility index (Phi) is 7.40. The number of allylic oxidation sites excluding steroid dienone is 1. The maximum absolute atomic E-state index is 12.4. The van der Waals surface area contributed by atoms with Gasteiger partial charge in [-0.3, -0.25) is 10.1 Å². The van der Waals surface area contributed by atoms with E-state index in [1.165, 1.54) is 20.0 Å². The van der Waals surface area contributed by atoms with E-state index < -0.39 is 12.1 Å². The van der Waals surface area contributed by atoms with E-state index in [9.17, 15) is 9.90 Å². The Hall–Kier alpha value is -2.43. The molecule has 0 spiro atoms. The Labute approximate surface area is 167 Å². The highest BCUT2D eigenvalue weighted by atomic mass is 16.5. The lowest BCUT2D eigenvalue weighted by molar-refractivity contribution is -0.143. The molecule has 1 aliphatic carbocycles. The van der Waals surface area contributed by atoms with E-state index in [-0.39, 0.29) is 12.0 Å². The van der Waals surface area contributed by atoms with E-state index in [1.54, 1.807) is 0 Å². The summed E-state index contributed by atoms with van der Waals surface area (Å²) in [4.78, 5) is 12.4. The highest BCUT2D eigenvalue weighted by Gasteiger charge is 2.27. The number of rotatable bonds is 10. The van der Waals surface area contributed by atoms with Gasteiger partial charge in [0, 0.05) is 6.42 Å². The van der Waals surface area contributed by atoms with Gasteiger partial charge in [0.2, 0.25) is 0 Å². The molecule has 28 heavy (non-hydrogen) atoms. The molecular weight excluding hydrogens is 350 g/mol. The second-order valence-corrected chi connectivity index (χ2v) is 7.44. The molecule has 2 N–H and O–H groups in total. The van der Waals surface area contributed by atoms with Crippen LogP contribution in [0.1, 0.15) is 24.0 Å². The zero-order chi connectivity index (χ0) is 19.8. The average molecular weight is 380 g/mol. The number of benzene rings is 2. The summed E-state index contributed by atoms with van der Waals surface area (Å²) in [6.45, 7) is 0. The Morgan fingerprint density at radius 1 is 1.07 bits per heavy atom. The molecule has 1 aliphatic rings. The first kappa shape index (κ1) is 20.3. The third-order valence-corrected chi connectivity index (χ3v) is 5.08. The van der Waals surface area contributed by atoms with Crippen LogP contribution >= 0.6 is 0 Å². The molecule has 3 atom stereocenters. The number of hydrogen-bond donors (Lipinski definition) is 2. The van der Waals surface area contributed by atoms with Crippen molar-refractivity contribution in [3.8, 4) is 0 Å². The van der Waals surface area contributed by atoms with Crippen molar-refractivity contribution in [1.29, 1.82) is 0 Å². The highest BCUT2D eigenvalue weighted by molar-refractivity contribution is 5.76. The fourth-order valence-electron chi connectivity index (χ4n) is 3.28. The average Bonchev–Trinajstić information content (AvgIpc) is 3.55. The van der Waals surface area contributed by atoms with Crippen LogP contribution in [0, 0.1) is 5.92 Å². The van der Waals surface area contributed by atoms with Crippen LogP contribution in [0.5, 0.6) is 0 Å². The molecule has 0 amide bonds. The zero-order valence-electron chi connectivity index (χ0n) is 16.3. The Bertz CT molecular complexity index is 756. The second kappa shape index (κ2) is 10.2. The lowest BCUT2D eigenvalue weighted by atomic mass is 9.98. The van der Waals surface area contributed by atoms with Crippen molar-refractivity contribution in [3.63, 3.8) is 0 Å². The van der Waals surface area contributed by atoms with E-state index in [2.05, 4.69) is 11.4 Å². The van der Waals surface area contributed by atoms with Crippen molar-refractivity contribution in [2.24, 2.45) is 5.92 Å². The van der Waals surface area contributed by atoms with Crippen LogP contribution in [0.4, 0.5) is 0 Å². The van der Waals surface area contributed by atoms with Gasteiger partial charge in [0.15, 0.2) is 0 Å². The molecule has 1 fully saturated rings. The topological polar surface area (TPSA) is 58.6 Å². The van der Waals surface area contributed by atoms with Crippen LogP contribution in [-0.2, 0) is 22.4 Å². The number of hydrogen-bond acceptors (Lipinski definition) is 4. The molecule has 0 unspecified atom stereocenters. The predicted octanol–water partition coefficient (Wildman–Crippen LogP) is 3.30. The monoisotopic (exact) mass is 379 g/mol. The molecule has 0 bridgehead atoms. The van der Waals surface area contributed by atoms with Gasteiger partial charge in [-0.05, 0) is 36.3 Å². The maximum atomic E-state index is 12.4. The van der Waals surface area contributed by atoms with Crippen molar-refractivity contribution in [1.82, 2.24) is 5.32 Å². The standard InChI is InChI=1S/C24H29NO3/c1-28-24(27)22(16-19-8-4-2-5-9-19)25-21(15-14-18-12-13-18)23(26)17-20-10-6-3-7-11-20/h2-11,14-15,18,21-23,25-26H,12-13,16-17H2,1H3/b15-14+/t21-,22-,23+/m0/s1. The SMILES string of the molecule is COC(=O)[C@H](Cc1ccccc1)N[C@@H](/C=C/C1CC1)[C@H](O)Cc1ccccc1. The number of ether oxygens (including phenoxy) is 1. The molecule has 4 nitrogen and oxygen atoms in total. The molecule has 2 aromatic carbocycles. The van der Waals surface area contributed by atoms with Crippen molar-refractivity contribution in [3.05, 3.63) is 83.9 Å². The molecule has 0 saturated heterocycles. The molecule has 148 valence electrons. The summed E-state index contributed by atoms with van der Waals surface area (Å²) >= 11 is 0. The third kappa shape index (κ3) is 6.32. The number of methoxy groups -OCH3 is 1. The number of carbonyl (C=O) groups excluding carboxylic acids is 1. The van der Waals surface area contributed by atoms with Crippen LogP contribution in [-0.4, -0.2) is 36.4 Å². The lowest BCUT2D eigenvalue weighted by Gasteiger charge is -2.26. The molecule has 0 aliphatic heterocycles. The Balaban J connectivity index is 1.73. The van der Waals surface area contributed by atoms with Gasteiger partial charge >= 0.3 is 5.97 Å². The first-order chi connectivity index (χ1) is 13.7. The first-order valence-corrected chi connectivity index (χ1v) is 9.94. The maximum Gasteiger partial charge on any atom is 0.323 e. The van der Waals surface area contributed by atoms with Gasteiger partial charge in [0.1, 0.15) is 6.04 Å².